The summed E-state index contributed by atoms with van der Waals surface area (Å²) in [5, 5.41) is 28.0. The normalized spacial score (nSPS) is 21.1. The molecule has 1 fully saturated rings. The van der Waals surface area contributed by atoms with Crippen molar-refractivity contribution in [1.29, 1.82) is 5.26 Å². The van der Waals surface area contributed by atoms with E-state index in [1.54, 1.807) is 27.9 Å². The van der Waals surface area contributed by atoms with Crippen LogP contribution in [-0.4, -0.2) is 33.2 Å². The first kappa shape index (κ1) is 16.4. The van der Waals surface area contributed by atoms with Gasteiger partial charge in [-0.1, -0.05) is 5.21 Å². The van der Waals surface area contributed by atoms with Crippen molar-refractivity contribution in [2.45, 2.75) is 38.3 Å². The zero-order valence-corrected chi connectivity index (χ0v) is 13.8. The third-order valence-corrected chi connectivity index (χ3v) is 4.40. The maximum Gasteiger partial charge on any atom is 0.147 e. The summed E-state index contributed by atoms with van der Waals surface area (Å²) in [6, 6.07) is 6.47. The second-order valence-corrected chi connectivity index (χ2v) is 6.51. The molecule has 1 N–H and O–H groups in total. The van der Waals surface area contributed by atoms with E-state index < -0.39 is 11.4 Å². The molecule has 2 heterocycles. The summed E-state index contributed by atoms with van der Waals surface area (Å²) in [6.07, 6.45) is 3.02. The molecular formula is C17H20FN5O. The fourth-order valence-corrected chi connectivity index (χ4v) is 3.03. The Morgan fingerprint density at radius 2 is 2.21 bits per heavy atom. The van der Waals surface area contributed by atoms with E-state index in [0.717, 1.165) is 0 Å². The van der Waals surface area contributed by atoms with E-state index in [9.17, 15) is 9.50 Å². The van der Waals surface area contributed by atoms with Gasteiger partial charge in [0.25, 0.3) is 0 Å². The zero-order valence-electron chi connectivity index (χ0n) is 13.8. The molecule has 1 atom stereocenters. The maximum atomic E-state index is 14.3. The van der Waals surface area contributed by atoms with Crippen molar-refractivity contribution in [3.63, 3.8) is 0 Å². The number of rotatable bonds is 3. The topological polar surface area (TPSA) is 78.0 Å². The third kappa shape index (κ3) is 2.97. The Kier molecular flexibility index (Phi) is 4.24. The molecule has 7 heteroatoms. The van der Waals surface area contributed by atoms with Gasteiger partial charge in [-0.2, -0.15) is 5.26 Å². The van der Waals surface area contributed by atoms with Crippen LogP contribution in [0.1, 0.15) is 44.0 Å². The van der Waals surface area contributed by atoms with Gasteiger partial charge < -0.3 is 10.0 Å². The molecule has 1 aromatic carbocycles. The van der Waals surface area contributed by atoms with Gasteiger partial charge in [-0.25, -0.2) is 9.07 Å². The Labute approximate surface area is 140 Å². The average molecular weight is 329 g/mol. The molecule has 1 saturated heterocycles. The van der Waals surface area contributed by atoms with Gasteiger partial charge in [0.2, 0.25) is 0 Å². The van der Waals surface area contributed by atoms with Crippen LogP contribution in [0.4, 0.5) is 10.1 Å². The molecule has 1 unspecified atom stereocenters. The molecule has 126 valence electrons. The fraction of sp³-hybridized carbons (Fsp3) is 0.471. The number of hydrogen-bond acceptors (Lipinski definition) is 5. The monoisotopic (exact) mass is 329 g/mol. The summed E-state index contributed by atoms with van der Waals surface area (Å²) in [7, 11) is 0. The van der Waals surface area contributed by atoms with Crippen LogP contribution >= 0.6 is 0 Å². The fourth-order valence-electron chi connectivity index (χ4n) is 3.03. The summed E-state index contributed by atoms with van der Waals surface area (Å²) in [5.74, 6) is -0.455. The Hall–Kier alpha value is -2.46. The number of β-amino-alcohol motifs (C(OH)–C–C–N with tert-alkyl or cyclic N) is 1. The second-order valence-electron chi connectivity index (χ2n) is 6.51. The van der Waals surface area contributed by atoms with Gasteiger partial charge in [0.05, 0.1) is 30.1 Å². The SMILES string of the molecule is CC(C)n1cc(C2(O)CCCN(c3ccc(C#N)cc3F)C2)nn1. The van der Waals surface area contributed by atoms with Crippen molar-refractivity contribution in [2.24, 2.45) is 0 Å². The number of benzene rings is 1. The molecule has 0 spiro atoms. The molecule has 6 nitrogen and oxygen atoms in total. The Bertz CT molecular complexity index is 782. The zero-order chi connectivity index (χ0) is 17.3. The minimum atomic E-state index is -1.16. The summed E-state index contributed by atoms with van der Waals surface area (Å²) in [4.78, 5) is 1.80. The van der Waals surface area contributed by atoms with Crippen LogP contribution in [0.2, 0.25) is 0 Å². The van der Waals surface area contributed by atoms with Gasteiger partial charge in [-0.05, 0) is 44.9 Å². The summed E-state index contributed by atoms with van der Waals surface area (Å²) >= 11 is 0. The Morgan fingerprint density at radius 3 is 2.83 bits per heavy atom. The first-order chi connectivity index (χ1) is 11.4. The van der Waals surface area contributed by atoms with Crippen LogP contribution in [0.15, 0.2) is 24.4 Å². The van der Waals surface area contributed by atoms with Gasteiger partial charge in [0.1, 0.15) is 17.1 Å². The van der Waals surface area contributed by atoms with Crippen molar-refractivity contribution < 1.29 is 9.50 Å². The second kappa shape index (κ2) is 6.21. The van der Waals surface area contributed by atoms with Gasteiger partial charge in [-0.3, -0.25) is 0 Å². The largest absolute Gasteiger partial charge is 0.382 e. The quantitative estimate of drug-likeness (QED) is 0.935. The molecule has 24 heavy (non-hydrogen) atoms. The predicted molar refractivity (Wildman–Crippen MR) is 86.9 cm³/mol. The third-order valence-electron chi connectivity index (χ3n) is 4.40. The number of halogens is 1. The molecule has 0 amide bonds. The van der Waals surface area contributed by atoms with Gasteiger partial charge in [0.15, 0.2) is 0 Å². The maximum absolute atomic E-state index is 14.3. The lowest BCUT2D eigenvalue weighted by Gasteiger charge is -2.39. The van der Waals surface area contributed by atoms with Crippen molar-refractivity contribution in [3.8, 4) is 6.07 Å². The van der Waals surface area contributed by atoms with E-state index in [-0.39, 0.29) is 18.2 Å². The van der Waals surface area contributed by atoms with Crippen LogP contribution in [0, 0.1) is 17.1 Å². The number of aromatic nitrogens is 3. The summed E-state index contributed by atoms with van der Waals surface area (Å²) < 4.78 is 16.0. The highest BCUT2D eigenvalue weighted by Crippen LogP contribution is 2.34. The van der Waals surface area contributed by atoms with Gasteiger partial charge in [0, 0.05) is 12.6 Å². The molecule has 2 aromatic rings. The Balaban J connectivity index is 1.87. The molecule has 0 saturated carbocycles. The van der Waals surface area contributed by atoms with E-state index in [1.165, 1.54) is 6.07 Å². The number of hydrogen-bond donors (Lipinski definition) is 1. The van der Waals surface area contributed by atoms with E-state index >= 15 is 0 Å². The molecule has 1 aliphatic heterocycles. The van der Waals surface area contributed by atoms with Crippen molar-refractivity contribution in [2.75, 3.05) is 18.0 Å². The minimum Gasteiger partial charge on any atom is -0.382 e. The molecule has 0 radical (unpaired) electrons. The molecule has 0 bridgehead atoms. The summed E-state index contributed by atoms with van der Waals surface area (Å²) in [6.45, 7) is 4.86. The van der Waals surface area contributed by atoms with Crippen LogP contribution in [0.3, 0.4) is 0 Å². The minimum absolute atomic E-state index is 0.158. The van der Waals surface area contributed by atoms with Crippen molar-refractivity contribution in [1.82, 2.24) is 15.0 Å². The van der Waals surface area contributed by atoms with Crippen molar-refractivity contribution >= 4 is 5.69 Å². The lowest BCUT2D eigenvalue weighted by molar-refractivity contribution is 0.0175. The molecule has 0 aliphatic carbocycles. The first-order valence-corrected chi connectivity index (χ1v) is 8.02. The number of nitriles is 1. The number of anilines is 1. The smallest absolute Gasteiger partial charge is 0.147 e. The molecule has 3 rings (SSSR count). The lowest BCUT2D eigenvalue weighted by Crippen LogP contribution is -2.46. The highest BCUT2D eigenvalue weighted by molar-refractivity contribution is 5.52. The van der Waals surface area contributed by atoms with E-state index in [2.05, 4.69) is 10.3 Å². The Morgan fingerprint density at radius 1 is 1.42 bits per heavy atom. The highest BCUT2D eigenvalue weighted by atomic mass is 19.1. The molecular weight excluding hydrogens is 309 g/mol. The van der Waals surface area contributed by atoms with Gasteiger partial charge >= 0.3 is 0 Å². The number of nitrogens with zero attached hydrogens (tertiary/aromatic N) is 5. The number of piperidine rings is 1. The number of aliphatic hydroxyl groups is 1. The predicted octanol–water partition coefficient (Wildman–Crippen LogP) is 2.36. The van der Waals surface area contributed by atoms with E-state index in [1.807, 2.05) is 19.9 Å². The van der Waals surface area contributed by atoms with E-state index in [4.69, 9.17) is 5.26 Å². The lowest BCUT2D eigenvalue weighted by atomic mass is 9.89. The van der Waals surface area contributed by atoms with E-state index in [0.29, 0.717) is 30.8 Å². The van der Waals surface area contributed by atoms with Crippen LogP contribution in [0.25, 0.3) is 0 Å². The van der Waals surface area contributed by atoms with Gasteiger partial charge in [-0.15, -0.1) is 5.10 Å². The average Bonchev–Trinajstić information content (AvgIpc) is 3.06. The molecule has 1 aromatic heterocycles. The van der Waals surface area contributed by atoms with Crippen LogP contribution in [0.5, 0.6) is 0 Å². The highest BCUT2D eigenvalue weighted by Gasteiger charge is 2.38. The van der Waals surface area contributed by atoms with Crippen LogP contribution in [-0.2, 0) is 5.60 Å². The summed E-state index contributed by atoms with van der Waals surface area (Å²) in [5.41, 5.74) is 0.0212. The first-order valence-electron chi connectivity index (χ1n) is 8.02. The van der Waals surface area contributed by atoms with Crippen molar-refractivity contribution in [3.05, 3.63) is 41.5 Å². The van der Waals surface area contributed by atoms with Crippen LogP contribution < -0.4 is 4.90 Å². The molecule has 1 aliphatic rings. The standard InChI is InChI=1S/C17H20FN5O/c1-12(2)23-10-16(20-21-23)17(24)6-3-7-22(11-17)15-5-4-13(9-19)8-14(15)18/h4-5,8,10,12,24H,3,6-7,11H2,1-2H3.